The van der Waals surface area contributed by atoms with Gasteiger partial charge in [0.1, 0.15) is 23.3 Å². The predicted molar refractivity (Wildman–Crippen MR) is 72.8 cm³/mol. The standard InChI is InChI=1S/C14H15F2N3O2/c1-3-21-14(20)12-13(17)19(8(2)18-12)7-9-6-10(15)4-5-11(9)16/h4-6H,3,7,17H2,1-2H3. The molecule has 0 fully saturated rings. The highest BCUT2D eigenvalue weighted by Crippen LogP contribution is 2.19. The molecule has 1 heterocycles. The number of anilines is 1. The normalized spacial score (nSPS) is 10.7. The van der Waals surface area contributed by atoms with E-state index < -0.39 is 17.6 Å². The zero-order chi connectivity index (χ0) is 15.6. The maximum Gasteiger partial charge on any atom is 0.360 e. The molecule has 2 aromatic rings. The Bertz CT molecular complexity index is 683. The Morgan fingerprint density at radius 3 is 2.81 bits per heavy atom. The summed E-state index contributed by atoms with van der Waals surface area (Å²) in [6, 6.07) is 3.16. The van der Waals surface area contributed by atoms with Crippen molar-refractivity contribution in [1.82, 2.24) is 9.55 Å². The van der Waals surface area contributed by atoms with Gasteiger partial charge in [0.25, 0.3) is 0 Å². The summed E-state index contributed by atoms with van der Waals surface area (Å²) in [7, 11) is 0. The molecule has 0 atom stereocenters. The number of nitrogen functional groups attached to an aromatic ring is 1. The zero-order valence-electron chi connectivity index (χ0n) is 11.7. The van der Waals surface area contributed by atoms with Gasteiger partial charge in [0, 0.05) is 5.56 Å². The van der Waals surface area contributed by atoms with Gasteiger partial charge >= 0.3 is 5.97 Å². The largest absolute Gasteiger partial charge is 0.461 e. The molecule has 0 aliphatic heterocycles. The molecule has 112 valence electrons. The van der Waals surface area contributed by atoms with E-state index >= 15 is 0 Å². The molecule has 7 heteroatoms. The van der Waals surface area contributed by atoms with E-state index in [1.165, 1.54) is 4.57 Å². The van der Waals surface area contributed by atoms with Crippen molar-refractivity contribution in [1.29, 1.82) is 0 Å². The number of nitrogens with two attached hydrogens (primary N) is 1. The molecule has 2 rings (SSSR count). The van der Waals surface area contributed by atoms with Crippen LogP contribution in [0.5, 0.6) is 0 Å². The van der Waals surface area contributed by atoms with Gasteiger partial charge in [0.2, 0.25) is 0 Å². The van der Waals surface area contributed by atoms with Gasteiger partial charge in [-0.1, -0.05) is 0 Å². The Morgan fingerprint density at radius 1 is 1.43 bits per heavy atom. The lowest BCUT2D eigenvalue weighted by Crippen LogP contribution is -2.11. The minimum Gasteiger partial charge on any atom is -0.461 e. The highest BCUT2D eigenvalue weighted by molar-refractivity contribution is 5.92. The average Bonchev–Trinajstić information content (AvgIpc) is 2.71. The minimum atomic E-state index is -0.642. The number of carbonyl (C=O) groups is 1. The topological polar surface area (TPSA) is 70.1 Å². The Morgan fingerprint density at radius 2 is 2.14 bits per heavy atom. The molecule has 1 aromatic heterocycles. The summed E-state index contributed by atoms with van der Waals surface area (Å²) < 4.78 is 33.1. The second kappa shape index (κ2) is 5.90. The van der Waals surface area contributed by atoms with E-state index in [0.717, 1.165) is 18.2 Å². The number of aromatic nitrogens is 2. The molecular weight excluding hydrogens is 280 g/mol. The number of esters is 1. The summed E-state index contributed by atoms with van der Waals surface area (Å²) in [5, 5.41) is 0. The van der Waals surface area contributed by atoms with E-state index in [1.807, 2.05) is 0 Å². The van der Waals surface area contributed by atoms with Gasteiger partial charge in [-0.15, -0.1) is 0 Å². The fraction of sp³-hybridized carbons (Fsp3) is 0.286. The summed E-state index contributed by atoms with van der Waals surface area (Å²) in [6.07, 6.45) is 0. The monoisotopic (exact) mass is 295 g/mol. The first kappa shape index (κ1) is 15.0. The SMILES string of the molecule is CCOC(=O)c1nc(C)n(Cc2cc(F)ccc2F)c1N. The quantitative estimate of drug-likeness (QED) is 0.878. The van der Waals surface area contributed by atoms with Gasteiger partial charge < -0.3 is 15.0 Å². The first-order valence-corrected chi connectivity index (χ1v) is 6.37. The average molecular weight is 295 g/mol. The number of hydrogen-bond acceptors (Lipinski definition) is 4. The molecule has 0 spiro atoms. The minimum absolute atomic E-state index is 0.0202. The van der Waals surface area contributed by atoms with E-state index in [0.29, 0.717) is 5.82 Å². The van der Waals surface area contributed by atoms with Gasteiger partial charge in [0.05, 0.1) is 13.2 Å². The number of carbonyl (C=O) groups excluding carboxylic acids is 1. The second-order valence-corrected chi connectivity index (χ2v) is 4.44. The van der Waals surface area contributed by atoms with Crippen LogP contribution in [0.2, 0.25) is 0 Å². The molecule has 0 saturated heterocycles. The Hall–Kier alpha value is -2.44. The van der Waals surface area contributed by atoms with E-state index in [4.69, 9.17) is 10.5 Å². The smallest absolute Gasteiger partial charge is 0.360 e. The molecule has 0 aliphatic rings. The lowest BCUT2D eigenvalue weighted by Gasteiger charge is -2.09. The molecular formula is C14H15F2N3O2. The van der Waals surface area contributed by atoms with E-state index in [1.54, 1.807) is 13.8 Å². The highest BCUT2D eigenvalue weighted by Gasteiger charge is 2.20. The van der Waals surface area contributed by atoms with E-state index in [-0.39, 0.29) is 30.2 Å². The summed E-state index contributed by atoms with van der Waals surface area (Å²) in [5.74, 6) is -1.26. The third-order valence-corrected chi connectivity index (χ3v) is 3.00. The molecule has 1 aromatic carbocycles. The van der Waals surface area contributed by atoms with Crippen LogP contribution in [0.15, 0.2) is 18.2 Å². The van der Waals surface area contributed by atoms with Gasteiger partial charge in [-0.05, 0) is 32.0 Å². The number of aryl methyl sites for hydroxylation is 1. The molecule has 0 saturated carbocycles. The van der Waals surface area contributed by atoms with Crippen molar-refractivity contribution in [3.8, 4) is 0 Å². The summed E-state index contributed by atoms with van der Waals surface area (Å²) in [4.78, 5) is 15.7. The molecule has 0 unspecified atom stereocenters. The van der Waals surface area contributed by atoms with Crippen LogP contribution in [0.25, 0.3) is 0 Å². The number of hydrogen-bond donors (Lipinski definition) is 1. The molecule has 0 bridgehead atoms. The van der Waals surface area contributed by atoms with Gasteiger partial charge in [-0.3, -0.25) is 0 Å². The Balaban J connectivity index is 2.37. The van der Waals surface area contributed by atoms with Crippen molar-refractivity contribution in [3.63, 3.8) is 0 Å². The van der Waals surface area contributed by atoms with Crippen molar-refractivity contribution in [2.45, 2.75) is 20.4 Å². The van der Waals surface area contributed by atoms with Crippen LogP contribution in [0.3, 0.4) is 0 Å². The first-order chi connectivity index (χ1) is 9.93. The van der Waals surface area contributed by atoms with Crippen LogP contribution in [0.1, 0.15) is 28.8 Å². The predicted octanol–water partition coefficient (Wildman–Crippen LogP) is 2.28. The number of halogens is 2. The molecule has 2 N–H and O–H groups in total. The van der Waals surface area contributed by atoms with Crippen molar-refractivity contribution in [2.75, 3.05) is 12.3 Å². The van der Waals surface area contributed by atoms with Crippen LogP contribution in [0, 0.1) is 18.6 Å². The van der Waals surface area contributed by atoms with Crippen LogP contribution in [-0.4, -0.2) is 22.1 Å². The third-order valence-electron chi connectivity index (χ3n) is 3.00. The maximum atomic E-state index is 13.7. The summed E-state index contributed by atoms with van der Waals surface area (Å²) in [5.41, 5.74) is 5.96. The zero-order valence-corrected chi connectivity index (χ0v) is 11.7. The molecule has 0 amide bonds. The molecule has 0 aliphatic carbocycles. The molecule has 21 heavy (non-hydrogen) atoms. The third kappa shape index (κ3) is 3.01. The van der Waals surface area contributed by atoms with Crippen LogP contribution in [0.4, 0.5) is 14.6 Å². The van der Waals surface area contributed by atoms with Crippen LogP contribution >= 0.6 is 0 Å². The number of imidazole rings is 1. The van der Waals surface area contributed by atoms with Crippen molar-refractivity contribution < 1.29 is 18.3 Å². The van der Waals surface area contributed by atoms with Crippen molar-refractivity contribution >= 4 is 11.8 Å². The lowest BCUT2D eigenvalue weighted by atomic mass is 10.2. The fourth-order valence-electron chi connectivity index (χ4n) is 1.97. The number of rotatable bonds is 4. The van der Waals surface area contributed by atoms with Crippen molar-refractivity contribution in [3.05, 3.63) is 46.9 Å². The molecule has 5 nitrogen and oxygen atoms in total. The van der Waals surface area contributed by atoms with Gasteiger partial charge in [-0.25, -0.2) is 18.6 Å². The van der Waals surface area contributed by atoms with Gasteiger partial charge in [0.15, 0.2) is 5.69 Å². The summed E-state index contributed by atoms with van der Waals surface area (Å²) in [6.45, 7) is 3.47. The second-order valence-electron chi connectivity index (χ2n) is 4.44. The lowest BCUT2D eigenvalue weighted by molar-refractivity contribution is 0.0521. The first-order valence-electron chi connectivity index (χ1n) is 6.37. The molecule has 0 radical (unpaired) electrons. The number of nitrogens with zero attached hydrogens (tertiary/aromatic N) is 2. The van der Waals surface area contributed by atoms with E-state index in [9.17, 15) is 13.6 Å². The van der Waals surface area contributed by atoms with Gasteiger partial charge in [-0.2, -0.15) is 0 Å². The summed E-state index contributed by atoms with van der Waals surface area (Å²) >= 11 is 0. The van der Waals surface area contributed by atoms with Crippen LogP contribution < -0.4 is 5.73 Å². The Labute approximate surface area is 120 Å². The number of benzene rings is 1. The van der Waals surface area contributed by atoms with Crippen molar-refractivity contribution in [2.24, 2.45) is 0 Å². The Kier molecular flexibility index (Phi) is 4.21. The maximum absolute atomic E-state index is 13.7. The van der Waals surface area contributed by atoms with E-state index in [2.05, 4.69) is 4.98 Å². The highest BCUT2D eigenvalue weighted by atomic mass is 19.1. The fourth-order valence-corrected chi connectivity index (χ4v) is 1.97. The van der Waals surface area contributed by atoms with Crippen LogP contribution in [-0.2, 0) is 11.3 Å². The number of ether oxygens (including phenoxy) is 1.